The van der Waals surface area contributed by atoms with E-state index >= 15 is 0 Å². The summed E-state index contributed by atoms with van der Waals surface area (Å²) in [5.41, 5.74) is 6.15. The molecule has 1 heterocycles. The molecule has 2 unspecified atom stereocenters. The van der Waals surface area contributed by atoms with Gasteiger partial charge in [0.1, 0.15) is 0 Å². The second-order valence-corrected chi connectivity index (χ2v) is 10.7. The Bertz CT molecular complexity index is 1480. The number of carbonyl (C=O) groups is 2. The fourth-order valence-electron chi connectivity index (χ4n) is 5.57. The molecule has 2 aliphatic rings. The second kappa shape index (κ2) is 9.28. The Kier molecular flexibility index (Phi) is 5.90. The van der Waals surface area contributed by atoms with Crippen molar-refractivity contribution in [2.45, 2.75) is 44.1 Å². The first-order valence-corrected chi connectivity index (χ1v) is 13.1. The Morgan fingerprint density at radius 2 is 1.55 bits per heavy atom. The van der Waals surface area contributed by atoms with Gasteiger partial charge < -0.3 is 14.5 Å². The highest BCUT2D eigenvalue weighted by atomic mass is 16.5. The van der Waals surface area contributed by atoms with E-state index in [-0.39, 0.29) is 17.7 Å². The number of nitrogens with zero attached hydrogens (tertiary/aromatic N) is 2. The minimum atomic E-state index is -0.741. The molecule has 0 saturated heterocycles. The molecule has 2 saturated carbocycles. The molecule has 0 aliphatic heterocycles. The van der Waals surface area contributed by atoms with Crippen molar-refractivity contribution in [3.8, 4) is 22.5 Å². The van der Waals surface area contributed by atoms with Gasteiger partial charge in [-0.25, -0.2) is 0 Å². The average molecular weight is 507 g/mol. The maximum Gasteiger partial charge on any atom is 0.314 e. The molecule has 4 aromatic rings. The predicted molar refractivity (Wildman–Crippen MR) is 144 cm³/mol. The molecule has 6 rings (SSSR count). The lowest BCUT2D eigenvalue weighted by atomic mass is 9.93. The standard InChI is InChI=1S/C32H30N2O4/c1-20-28(26-18-27(26)30(35)34(2)19-21-6-4-3-5-7-21)29(38-33-20)24-10-8-22(9-11-24)23-12-14-25(15-13-23)32(16-17-32)31(36)37/h3-15,26-27H,16-19H2,1-2H3,(H,36,37). The molecule has 0 radical (unpaired) electrons. The van der Waals surface area contributed by atoms with Gasteiger partial charge in [-0.1, -0.05) is 84.0 Å². The van der Waals surface area contributed by atoms with Crippen LogP contribution in [0.25, 0.3) is 22.5 Å². The molecule has 1 amide bonds. The van der Waals surface area contributed by atoms with Crippen LogP contribution in [0, 0.1) is 12.8 Å². The molecule has 6 heteroatoms. The molecule has 0 spiro atoms. The number of aromatic nitrogens is 1. The van der Waals surface area contributed by atoms with Crippen LogP contribution in [-0.4, -0.2) is 34.1 Å². The van der Waals surface area contributed by atoms with Crippen molar-refractivity contribution in [1.29, 1.82) is 0 Å². The van der Waals surface area contributed by atoms with E-state index in [1.54, 1.807) is 0 Å². The van der Waals surface area contributed by atoms with Gasteiger partial charge in [0.25, 0.3) is 0 Å². The fraction of sp³-hybridized carbons (Fsp3) is 0.281. The van der Waals surface area contributed by atoms with E-state index in [2.05, 4.69) is 5.16 Å². The summed E-state index contributed by atoms with van der Waals surface area (Å²) in [6.45, 7) is 2.54. The van der Waals surface area contributed by atoms with Crippen LogP contribution in [0.1, 0.15) is 47.6 Å². The Morgan fingerprint density at radius 1 is 0.947 bits per heavy atom. The van der Waals surface area contributed by atoms with E-state index in [0.717, 1.165) is 51.3 Å². The number of rotatable bonds is 8. The second-order valence-electron chi connectivity index (χ2n) is 10.7. The maximum atomic E-state index is 13.1. The number of benzene rings is 3. The molecule has 6 nitrogen and oxygen atoms in total. The fourth-order valence-corrected chi connectivity index (χ4v) is 5.57. The Morgan fingerprint density at radius 3 is 2.16 bits per heavy atom. The zero-order valence-corrected chi connectivity index (χ0v) is 21.6. The first kappa shape index (κ1) is 24.2. The van der Waals surface area contributed by atoms with Gasteiger partial charge in [-0.15, -0.1) is 0 Å². The van der Waals surface area contributed by atoms with Crippen LogP contribution in [0.3, 0.4) is 0 Å². The minimum Gasteiger partial charge on any atom is -0.481 e. The van der Waals surface area contributed by atoms with Crippen molar-refractivity contribution in [2.24, 2.45) is 5.92 Å². The molecule has 1 aromatic heterocycles. The molecule has 2 fully saturated rings. The predicted octanol–water partition coefficient (Wildman–Crippen LogP) is 6.20. The van der Waals surface area contributed by atoms with Crippen molar-refractivity contribution in [3.63, 3.8) is 0 Å². The summed E-state index contributed by atoms with van der Waals surface area (Å²) < 4.78 is 5.76. The van der Waals surface area contributed by atoms with Gasteiger partial charge >= 0.3 is 5.97 Å². The largest absolute Gasteiger partial charge is 0.481 e. The smallest absolute Gasteiger partial charge is 0.314 e. The normalized spacial score (nSPS) is 19.1. The molecule has 0 bridgehead atoms. The highest BCUT2D eigenvalue weighted by molar-refractivity contribution is 5.85. The van der Waals surface area contributed by atoms with Crippen LogP contribution in [-0.2, 0) is 21.5 Å². The van der Waals surface area contributed by atoms with Crippen molar-refractivity contribution >= 4 is 11.9 Å². The van der Waals surface area contributed by atoms with Crippen LogP contribution < -0.4 is 0 Å². The van der Waals surface area contributed by atoms with E-state index in [1.807, 2.05) is 97.7 Å². The molecule has 192 valence electrons. The average Bonchev–Trinajstić information content (AvgIpc) is 3.86. The van der Waals surface area contributed by atoms with E-state index < -0.39 is 11.4 Å². The quantitative estimate of drug-likeness (QED) is 0.308. The summed E-state index contributed by atoms with van der Waals surface area (Å²) in [5.74, 6) is 0.194. The third-order valence-corrected chi connectivity index (χ3v) is 8.10. The number of carboxylic acid groups (broad SMARTS) is 1. The first-order valence-electron chi connectivity index (χ1n) is 13.1. The zero-order valence-electron chi connectivity index (χ0n) is 21.6. The van der Waals surface area contributed by atoms with Crippen molar-refractivity contribution in [3.05, 3.63) is 101 Å². The van der Waals surface area contributed by atoms with Gasteiger partial charge in [0.15, 0.2) is 5.76 Å². The van der Waals surface area contributed by atoms with Crippen LogP contribution in [0.4, 0.5) is 0 Å². The molecule has 1 N–H and O–H groups in total. The van der Waals surface area contributed by atoms with Gasteiger partial charge in [0.2, 0.25) is 5.91 Å². The third-order valence-electron chi connectivity index (χ3n) is 8.10. The highest BCUT2D eigenvalue weighted by Gasteiger charge is 2.51. The van der Waals surface area contributed by atoms with Crippen molar-refractivity contribution < 1.29 is 19.2 Å². The van der Waals surface area contributed by atoms with Crippen molar-refractivity contribution in [1.82, 2.24) is 10.1 Å². The van der Waals surface area contributed by atoms with E-state index in [9.17, 15) is 14.7 Å². The van der Waals surface area contributed by atoms with E-state index in [1.165, 1.54) is 0 Å². The molecule has 2 atom stereocenters. The lowest BCUT2D eigenvalue weighted by Crippen LogP contribution is -2.28. The number of aliphatic carboxylic acids is 1. The lowest BCUT2D eigenvalue weighted by molar-refractivity contribution is -0.140. The number of hydrogen-bond donors (Lipinski definition) is 1. The van der Waals surface area contributed by atoms with E-state index in [4.69, 9.17) is 4.52 Å². The van der Waals surface area contributed by atoms with Crippen LogP contribution in [0.15, 0.2) is 83.4 Å². The van der Waals surface area contributed by atoms with E-state index in [0.29, 0.717) is 19.4 Å². The summed E-state index contributed by atoms with van der Waals surface area (Å²) in [5, 5.41) is 13.8. The van der Waals surface area contributed by atoms with Crippen LogP contribution in [0.2, 0.25) is 0 Å². The summed E-state index contributed by atoms with van der Waals surface area (Å²) in [4.78, 5) is 26.6. The molecule has 3 aromatic carbocycles. The molecule has 38 heavy (non-hydrogen) atoms. The number of carbonyl (C=O) groups excluding carboxylic acids is 1. The maximum absolute atomic E-state index is 13.1. The Hall–Kier alpha value is -4.19. The lowest BCUT2D eigenvalue weighted by Gasteiger charge is -2.17. The van der Waals surface area contributed by atoms with Gasteiger partial charge in [-0.05, 0) is 48.4 Å². The summed E-state index contributed by atoms with van der Waals surface area (Å²) in [7, 11) is 1.86. The number of carboxylic acids is 1. The minimum absolute atomic E-state index is 0.0566. The summed E-state index contributed by atoms with van der Waals surface area (Å²) >= 11 is 0. The monoisotopic (exact) mass is 506 g/mol. The SMILES string of the molecule is Cc1noc(-c2ccc(-c3ccc(C4(C(=O)O)CC4)cc3)cc2)c1C1CC1C(=O)N(C)Cc1ccccc1. The highest BCUT2D eigenvalue weighted by Crippen LogP contribution is 2.52. The van der Waals surface area contributed by atoms with Crippen molar-refractivity contribution in [2.75, 3.05) is 7.05 Å². The molecular weight excluding hydrogens is 476 g/mol. The number of aryl methyl sites for hydroxylation is 1. The first-order chi connectivity index (χ1) is 18.4. The number of amides is 1. The Labute approximate surface area is 221 Å². The number of hydrogen-bond acceptors (Lipinski definition) is 4. The topological polar surface area (TPSA) is 83.6 Å². The third kappa shape index (κ3) is 4.30. The van der Waals surface area contributed by atoms with Gasteiger partial charge in [-0.3, -0.25) is 9.59 Å². The molecule has 2 aliphatic carbocycles. The van der Waals surface area contributed by atoms with Gasteiger partial charge in [0.05, 0.1) is 11.1 Å². The van der Waals surface area contributed by atoms with Gasteiger partial charge in [0, 0.05) is 36.6 Å². The Balaban J connectivity index is 1.17. The van der Waals surface area contributed by atoms with Crippen LogP contribution >= 0.6 is 0 Å². The summed E-state index contributed by atoms with van der Waals surface area (Å²) in [6.07, 6.45) is 2.20. The van der Waals surface area contributed by atoms with Gasteiger partial charge in [-0.2, -0.15) is 0 Å². The van der Waals surface area contributed by atoms with Crippen LogP contribution in [0.5, 0.6) is 0 Å². The summed E-state index contributed by atoms with van der Waals surface area (Å²) in [6, 6.07) is 26.0. The zero-order chi connectivity index (χ0) is 26.4. The molecular formula is C32H30N2O4.